The predicted octanol–water partition coefficient (Wildman–Crippen LogP) is 3.40. The third-order valence-electron chi connectivity index (χ3n) is 1.87. The number of hydrogen-bond donors (Lipinski definition) is 0. The van der Waals surface area contributed by atoms with Crippen molar-refractivity contribution in [1.82, 2.24) is 0 Å². The number of benzene rings is 1. The second-order valence-corrected chi connectivity index (χ2v) is 3.21. The van der Waals surface area contributed by atoms with Crippen molar-refractivity contribution < 1.29 is 14.3 Å². The van der Waals surface area contributed by atoms with Gasteiger partial charge in [-0.1, -0.05) is 35.8 Å². The van der Waals surface area contributed by atoms with Crippen LogP contribution in [0.25, 0.3) is 0 Å². The minimum atomic E-state index is -0.349. The minimum absolute atomic E-state index is 0.349. The van der Waals surface area contributed by atoms with Crippen LogP contribution in [0.2, 0.25) is 0 Å². The number of carbonyl (C=O) groups excluding carboxylic acids is 1. The normalized spacial score (nSPS) is 8.81. The maximum atomic E-state index is 11.4. The zero-order chi connectivity index (χ0) is 12.6. The van der Waals surface area contributed by atoms with E-state index in [2.05, 4.69) is 20.7 Å². The van der Waals surface area contributed by atoms with Crippen LogP contribution in [-0.4, -0.2) is 20.2 Å². The molecule has 90 valence electrons. The van der Waals surface area contributed by atoms with Crippen LogP contribution in [0.15, 0.2) is 18.2 Å². The number of rotatable bonds is 3. The Morgan fingerprint density at radius 2 is 1.94 bits per heavy atom. The summed E-state index contributed by atoms with van der Waals surface area (Å²) in [5, 5.41) is 0.613. The Morgan fingerprint density at radius 3 is 2.38 bits per heavy atom. The molecule has 0 saturated carbocycles. The van der Waals surface area contributed by atoms with Crippen LogP contribution in [-0.2, 0) is 10.1 Å². The van der Waals surface area contributed by atoms with Gasteiger partial charge in [-0.15, -0.1) is 0 Å². The first-order valence-corrected chi connectivity index (χ1v) is 6.16. The average molecular weight is 289 g/mol. The second-order valence-electron chi connectivity index (χ2n) is 2.65. The van der Waals surface area contributed by atoms with Gasteiger partial charge in [0, 0.05) is 5.33 Å². The predicted molar refractivity (Wildman–Crippen MR) is 68.3 cm³/mol. The van der Waals surface area contributed by atoms with Gasteiger partial charge in [0.15, 0.2) is 0 Å². The highest BCUT2D eigenvalue weighted by atomic mass is 79.9. The number of methoxy groups -OCH3 is 2. The highest BCUT2D eigenvalue weighted by Gasteiger charge is 2.11. The van der Waals surface area contributed by atoms with Crippen molar-refractivity contribution in [1.29, 1.82) is 0 Å². The van der Waals surface area contributed by atoms with Gasteiger partial charge in [-0.05, 0) is 17.7 Å². The van der Waals surface area contributed by atoms with Crippen molar-refractivity contribution in [2.45, 2.75) is 19.2 Å². The summed E-state index contributed by atoms with van der Waals surface area (Å²) in [7, 11) is 2.92. The van der Waals surface area contributed by atoms with Gasteiger partial charge < -0.3 is 9.47 Å². The van der Waals surface area contributed by atoms with Crippen LogP contribution in [0.1, 0.15) is 29.8 Å². The molecule has 0 aromatic heterocycles. The smallest absolute Gasteiger partial charge is 0.338 e. The van der Waals surface area contributed by atoms with Gasteiger partial charge in [-0.3, -0.25) is 0 Å². The zero-order valence-electron chi connectivity index (χ0n) is 10.0. The first-order chi connectivity index (χ1) is 7.72. The summed E-state index contributed by atoms with van der Waals surface area (Å²) in [6.45, 7) is 4.00. The monoisotopic (exact) mass is 288 g/mol. The topological polar surface area (TPSA) is 35.5 Å². The van der Waals surface area contributed by atoms with Crippen LogP contribution >= 0.6 is 15.9 Å². The van der Waals surface area contributed by atoms with E-state index in [1.807, 2.05) is 26.0 Å². The second kappa shape index (κ2) is 8.16. The van der Waals surface area contributed by atoms with Gasteiger partial charge in [-0.25, -0.2) is 4.79 Å². The highest BCUT2D eigenvalue weighted by molar-refractivity contribution is 9.08. The van der Waals surface area contributed by atoms with Crippen LogP contribution < -0.4 is 4.74 Å². The first-order valence-electron chi connectivity index (χ1n) is 5.04. The minimum Gasteiger partial charge on any atom is -0.497 e. The fourth-order valence-corrected chi connectivity index (χ4v) is 1.59. The molecule has 0 spiro atoms. The quantitative estimate of drug-likeness (QED) is 0.632. The van der Waals surface area contributed by atoms with E-state index in [1.165, 1.54) is 7.11 Å². The number of halogens is 1. The maximum Gasteiger partial charge on any atom is 0.338 e. The number of ether oxygens (including phenoxy) is 2. The maximum absolute atomic E-state index is 11.4. The van der Waals surface area contributed by atoms with Crippen molar-refractivity contribution in [2.75, 3.05) is 14.2 Å². The highest BCUT2D eigenvalue weighted by Crippen LogP contribution is 2.20. The molecule has 0 bridgehead atoms. The molecule has 0 N–H and O–H groups in total. The molecule has 0 amide bonds. The van der Waals surface area contributed by atoms with Gasteiger partial charge in [0.25, 0.3) is 0 Å². The number of carbonyl (C=O) groups is 1. The van der Waals surface area contributed by atoms with Gasteiger partial charge >= 0.3 is 5.97 Å². The summed E-state index contributed by atoms with van der Waals surface area (Å²) < 4.78 is 9.69. The molecule has 0 atom stereocenters. The number of esters is 1. The standard InChI is InChI=1S/C10H11BrO3.C2H6/c1-13-8-4-3-7(6-11)9(5-8)10(12)14-2;1-2/h3-5H,6H2,1-2H3;1-2H3. The van der Waals surface area contributed by atoms with Gasteiger partial charge in [-0.2, -0.15) is 0 Å². The van der Waals surface area contributed by atoms with E-state index < -0.39 is 0 Å². The molecule has 0 radical (unpaired) electrons. The summed E-state index contributed by atoms with van der Waals surface area (Å²) in [6, 6.07) is 5.31. The largest absolute Gasteiger partial charge is 0.497 e. The Bertz CT molecular complexity index is 337. The fraction of sp³-hybridized carbons (Fsp3) is 0.417. The van der Waals surface area contributed by atoms with Crippen LogP contribution in [0.5, 0.6) is 5.75 Å². The van der Waals surface area contributed by atoms with E-state index >= 15 is 0 Å². The van der Waals surface area contributed by atoms with Crippen LogP contribution in [0, 0.1) is 0 Å². The lowest BCUT2D eigenvalue weighted by atomic mass is 10.1. The van der Waals surface area contributed by atoms with Crippen molar-refractivity contribution in [3.8, 4) is 5.75 Å². The Balaban J connectivity index is 0.00000106. The molecule has 1 aromatic rings. The Morgan fingerprint density at radius 1 is 1.31 bits per heavy atom. The molecule has 0 heterocycles. The number of hydrogen-bond acceptors (Lipinski definition) is 3. The van der Waals surface area contributed by atoms with E-state index in [0.717, 1.165) is 5.56 Å². The molecule has 16 heavy (non-hydrogen) atoms. The molecule has 0 aliphatic heterocycles. The Labute approximate surface area is 105 Å². The molecular weight excluding hydrogens is 272 g/mol. The molecule has 0 aliphatic rings. The summed E-state index contributed by atoms with van der Waals surface area (Å²) >= 11 is 3.30. The zero-order valence-corrected chi connectivity index (χ0v) is 11.6. The molecule has 3 nitrogen and oxygen atoms in total. The molecule has 1 rings (SSSR count). The van der Waals surface area contributed by atoms with Gasteiger partial charge in [0.05, 0.1) is 19.8 Å². The van der Waals surface area contributed by atoms with Crippen LogP contribution in [0.3, 0.4) is 0 Å². The molecule has 0 unspecified atom stereocenters. The summed E-state index contributed by atoms with van der Waals surface area (Å²) in [4.78, 5) is 11.4. The first kappa shape index (κ1) is 15.0. The Kier molecular flexibility index (Phi) is 7.64. The van der Waals surface area contributed by atoms with E-state index in [-0.39, 0.29) is 5.97 Å². The van der Waals surface area contributed by atoms with Crippen molar-refractivity contribution in [3.05, 3.63) is 29.3 Å². The molecule has 4 heteroatoms. The van der Waals surface area contributed by atoms with Crippen molar-refractivity contribution >= 4 is 21.9 Å². The van der Waals surface area contributed by atoms with E-state index in [4.69, 9.17) is 4.74 Å². The van der Waals surface area contributed by atoms with Crippen LogP contribution in [0.4, 0.5) is 0 Å². The van der Waals surface area contributed by atoms with E-state index in [9.17, 15) is 4.79 Å². The van der Waals surface area contributed by atoms with E-state index in [0.29, 0.717) is 16.6 Å². The summed E-state index contributed by atoms with van der Waals surface area (Å²) in [6.07, 6.45) is 0. The lowest BCUT2D eigenvalue weighted by molar-refractivity contribution is 0.0599. The summed E-state index contributed by atoms with van der Waals surface area (Å²) in [5.41, 5.74) is 1.42. The SMILES string of the molecule is CC.COC(=O)c1cc(OC)ccc1CBr. The molecular formula is C12H17BrO3. The Hall–Kier alpha value is -1.03. The lowest BCUT2D eigenvalue weighted by Gasteiger charge is -2.07. The molecule has 1 aromatic carbocycles. The lowest BCUT2D eigenvalue weighted by Crippen LogP contribution is -2.05. The van der Waals surface area contributed by atoms with Gasteiger partial charge in [0.2, 0.25) is 0 Å². The van der Waals surface area contributed by atoms with Crippen molar-refractivity contribution in [2.24, 2.45) is 0 Å². The van der Waals surface area contributed by atoms with Gasteiger partial charge in [0.1, 0.15) is 5.75 Å². The molecule has 0 saturated heterocycles. The number of alkyl halides is 1. The molecule has 0 aliphatic carbocycles. The third kappa shape index (κ3) is 3.85. The average Bonchev–Trinajstić information content (AvgIpc) is 2.39. The third-order valence-corrected chi connectivity index (χ3v) is 2.47. The fourth-order valence-electron chi connectivity index (χ4n) is 1.10. The van der Waals surface area contributed by atoms with Crippen molar-refractivity contribution in [3.63, 3.8) is 0 Å². The van der Waals surface area contributed by atoms with E-state index in [1.54, 1.807) is 13.2 Å². The molecule has 0 fully saturated rings. The summed E-state index contributed by atoms with van der Waals surface area (Å²) in [5.74, 6) is 0.299.